The van der Waals surface area contributed by atoms with E-state index in [9.17, 15) is 27.6 Å². The molecule has 3 aromatic rings. The number of anilines is 1. The first-order chi connectivity index (χ1) is 19.6. The van der Waals surface area contributed by atoms with Gasteiger partial charge in [0.25, 0.3) is 21.9 Å². The largest absolute Gasteiger partial charge is 0.382 e. The number of hydrogen-bond donors (Lipinski definition) is 3. The van der Waals surface area contributed by atoms with Gasteiger partial charge in [0.15, 0.2) is 5.78 Å². The fourth-order valence-electron chi connectivity index (χ4n) is 4.03. The van der Waals surface area contributed by atoms with Gasteiger partial charge in [-0.3, -0.25) is 23.4 Å². The van der Waals surface area contributed by atoms with Crippen molar-refractivity contribution in [2.45, 2.75) is 24.7 Å². The van der Waals surface area contributed by atoms with Crippen molar-refractivity contribution in [3.63, 3.8) is 0 Å². The Morgan fingerprint density at radius 1 is 0.829 bits per heavy atom. The minimum Gasteiger partial charge on any atom is -0.382 e. The summed E-state index contributed by atoms with van der Waals surface area (Å²) in [4.78, 5) is 49.3. The molecule has 4 rings (SSSR count). The van der Waals surface area contributed by atoms with Gasteiger partial charge in [0, 0.05) is 41.5 Å². The zero-order chi connectivity index (χ0) is 29.4. The van der Waals surface area contributed by atoms with Crippen molar-refractivity contribution in [3.8, 4) is 0 Å². The molecule has 0 fully saturated rings. The summed E-state index contributed by atoms with van der Waals surface area (Å²) in [5, 5.41) is 8.35. The van der Waals surface area contributed by atoms with Crippen LogP contribution in [0.2, 0.25) is 0 Å². The molecule has 1 aliphatic rings. The number of nitrogens with one attached hydrogen (secondary N) is 3. The van der Waals surface area contributed by atoms with Crippen LogP contribution >= 0.6 is 0 Å². The number of hydrogen-bond acceptors (Lipinski definition) is 8. The van der Waals surface area contributed by atoms with Crippen LogP contribution in [0.1, 0.15) is 49.5 Å². The Bertz CT molecular complexity index is 1600. The van der Waals surface area contributed by atoms with E-state index < -0.39 is 22.6 Å². The number of fused-ring (bicyclic) bond motifs is 1. The number of ketones is 2. The van der Waals surface area contributed by atoms with Crippen molar-refractivity contribution >= 4 is 39.2 Å². The fraction of sp³-hybridized carbons (Fsp3) is 0.200. The van der Waals surface area contributed by atoms with Crippen LogP contribution in [0.4, 0.5) is 5.69 Å². The maximum atomic E-state index is 12.6. The van der Waals surface area contributed by atoms with Crippen LogP contribution in [-0.4, -0.2) is 51.5 Å². The zero-order valence-corrected chi connectivity index (χ0v) is 23.1. The van der Waals surface area contributed by atoms with Gasteiger partial charge in [-0.25, -0.2) is 0 Å². The van der Waals surface area contributed by atoms with Gasteiger partial charge in [-0.15, -0.1) is 0 Å². The molecule has 0 heterocycles. The highest BCUT2D eigenvalue weighted by molar-refractivity contribution is 7.86. The number of allylic oxidation sites excluding steroid dienone is 2. The lowest BCUT2D eigenvalue weighted by atomic mass is 9.93. The molecule has 10 nitrogen and oxygen atoms in total. The van der Waals surface area contributed by atoms with Crippen molar-refractivity contribution in [2.24, 2.45) is 0 Å². The van der Waals surface area contributed by atoms with E-state index in [-0.39, 0.29) is 28.1 Å². The molecule has 1 aliphatic carbocycles. The van der Waals surface area contributed by atoms with Crippen LogP contribution in [0.3, 0.4) is 0 Å². The number of amides is 2. The molecular formula is C30H29N3O7S. The molecule has 212 valence electrons. The van der Waals surface area contributed by atoms with Crippen LogP contribution < -0.4 is 16.0 Å². The summed E-state index contributed by atoms with van der Waals surface area (Å²) in [5.74, 6) is -1.38. The lowest BCUT2D eigenvalue weighted by Gasteiger charge is -2.16. The molecular weight excluding hydrogens is 546 g/mol. The molecule has 0 atom stereocenters. The fourth-order valence-corrected chi connectivity index (χ4v) is 4.90. The maximum Gasteiger partial charge on any atom is 0.297 e. The molecule has 0 unspecified atom stereocenters. The average Bonchev–Trinajstić information content (AvgIpc) is 2.97. The number of unbranched alkanes of at least 4 members (excludes halogenated alkanes) is 1. The number of aryl methyl sites for hydroxylation is 1. The third-order valence-electron chi connectivity index (χ3n) is 6.25. The standard InChI is InChI=1S/C30H29N3O7S/c1-20-8-14-23(15-9-20)41(38,39)40-19-28(35)33-22-12-10-21(11-13-22)30(37)32-17-5-4-16-31-26-18-27(34)24-6-2-3-7-25(24)29(26)36/h2-3,6-15,18,31H,4-5,16-17,19H2,1H3,(H,32,37)(H,33,35). The minimum absolute atomic E-state index is 0.0399. The van der Waals surface area contributed by atoms with Crippen molar-refractivity contribution in [1.82, 2.24) is 10.6 Å². The topological polar surface area (TPSA) is 148 Å². The van der Waals surface area contributed by atoms with Gasteiger partial charge in [-0.2, -0.15) is 8.42 Å². The molecule has 0 aliphatic heterocycles. The van der Waals surface area contributed by atoms with E-state index in [1.807, 2.05) is 6.92 Å². The highest BCUT2D eigenvalue weighted by atomic mass is 32.2. The second-order valence-corrected chi connectivity index (χ2v) is 11.0. The van der Waals surface area contributed by atoms with Gasteiger partial charge in [-0.1, -0.05) is 42.0 Å². The number of benzene rings is 3. The molecule has 0 radical (unpaired) electrons. The molecule has 2 amide bonds. The molecule has 41 heavy (non-hydrogen) atoms. The molecule has 0 saturated carbocycles. The molecule has 11 heteroatoms. The number of Topliss-reactive ketones (excluding diaryl/α,β-unsaturated/α-hetero) is 1. The first-order valence-electron chi connectivity index (χ1n) is 12.9. The van der Waals surface area contributed by atoms with Crippen LogP contribution in [0.25, 0.3) is 0 Å². The summed E-state index contributed by atoms with van der Waals surface area (Å²) in [6.45, 7) is 2.00. The summed E-state index contributed by atoms with van der Waals surface area (Å²) in [7, 11) is -4.07. The summed E-state index contributed by atoms with van der Waals surface area (Å²) in [6, 6.07) is 18.9. The first kappa shape index (κ1) is 29.4. The number of carbonyl (C=O) groups excluding carboxylic acids is 4. The van der Waals surface area contributed by atoms with E-state index >= 15 is 0 Å². The van der Waals surface area contributed by atoms with E-state index in [4.69, 9.17) is 4.18 Å². The lowest BCUT2D eigenvalue weighted by Crippen LogP contribution is -2.28. The van der Waals surface area contributed by atoms with Crippen molar-refractivity contribution < 1.29 is 31.8 Å². The van der Waals surface area contributed by atoms with E-state index in [1.165, 1.54) is 42.5 Å². The highest BCUT2D eigenvalue weighted by Crippen LogP contribution is 2.20. The van der Waals surface area contributed by atoms with Crippen LogP contribution in [0, 0.1) is 6.92 Å². The molecule has 0 aromatic heterocycles. The van der Waals surface area contributed by atoms with E-state index in [0.29, 0.717) is 48.3 Å². The molecule has 0 saturated heterocycles. The number of rotatable bonds is 12. The molecule has 3 aromatic carbocycles. The summed E-state index contributed by atoms with van der Waals surface area (Å²) < 4.78 is 29.3. The third kappa shape index (κ3) is 7.74. The Hall–Kier alpha value is -4.61. The predicted octanol–water partition coefficient (Wildman–Crippen LogP) is 3.40. The Morgan fingerprint density at radius 3 is 2.20 bits per heavy atom. The normalized spacial score (nSPS) is 12.8. The lowest BCUT2D eigenvalue weighted by molar-refractivity contribution is -0.118. The average molecular weight is 576 g/mol. The quantitative estimate of drug-likeness (QED) is 0.220. The van der Waals surface area contributed by atoms with Gasteiger partial charge >= 0.3 is 0 Å². The zero-order valence-electron chi connectivity index (χ0n) is 22.3. The predicted molar refractivity (Wildman–Crippen MR) is 152 cm³/mol. The van der Waals surface area contributed by atoms with Crippen LogP contribution in [0.15, 0.2) is 89.5 Å². The van der Waals surface area contributed by atoms with Gasteiger partial charge in [-0.05, 0) is 56.2 Å². The maximum absolute atomic E-state index is 12.6. The summed E-state index contributed by atoms with van der Waals surface area (Å²) in [5.41, 5.74) is 2.71. The van der Waals surface area contributed by atoms with Crippen LogP contribution in [0.5, 0.6) is 0 Å². The molecule has 3 N–H and O–H groups in total. The molecule has 0 spiro atoms. The summed E-state index contributed by atoms with van der Waals surface area (Å²) >= 11 is 0. The van der Waals surface area contributed by atoms with Crippen molar-refractivity contribution in [3.05, 3.63) is 107 Å². The van der Waals surface area contributed by atoms with Gasteiger partial charge < -0.3 is 16.0 Å². The number of carbonyl (C=O) groups is 4. The van der Waals surface area contributed by atoms with Crippen LogP contribution in [-0.2, 0) is 19.1 Å². The Kier molecular flexibility index (Phi) is 9.43. The minimum atomic E-state index is -4.07. The summed E-state index contributed by atoms with van der Waals surface area (Å²) in [6.07, 6.45) is 2.62. The monoisotopic (exact) mass is 575 g/mol. The van der Waals surface area contributed by atoms with Gasteiger partial charge in [0.2, 0.25) is 5.78 Å². The van der Waals surface area contributed by atoms with Crippen molar-refractivity contribution in [2.75, 3.05) is 25.0 Å². The molecule has 0 bridgehead atoms. The third-order valence-corrected chi connectivity index (χ3v) is 7.53. The SMILES string of the molecule is Cc1ccc(S(=O)(=O)OCC(=O)Nc2ccc(C(=O)NCCCCNC3=CC(=O)c4ccccc4C3=O)cc2)cc1. The smallest absolute Gasteiger partial charge is 0.297 e. The second-order valence-electron chi connectivity index (χ2n) is 9.34. The van der Waals surface area contributed by atoms with E-state index in [2.05, 4.69) is 16.0 Å². The Balaban J connectivity index is 1.15. The van der Waals surface area contributed by atoms with E-state index in [1.54, 1.807) is 36.4 Å². The van der Waals surface area contributed by atoms with E-state index in [0.717, 1.165) is 5.56 Å². The first-order valence-corrected chi connectivity index (χ1v) is 14.3. The van der Waals surface area contributed by atoms with Gasteiger partial charge in [0.05, 0.1) is 10.6 Å². The Morgan fingerprint density at radius 2 is 1.49 bits per heavy atom. The van der Waals surface area contributed by atoms with Gasteiger partial charge in [0.1, 0.15) is 6.61 Å². The second kappa shape index (κ2) is 13.2. The highest BCUT2D eigenvalue weighted by Gasteiger charge is 2.24. The Labute approximate surface area is 237 Å². The van der Waals surface area contributed by atoms with Crippen molar-refractivity contribution in [1.29, 1.82) is 0 Å².